The maximum absolute atomic E-state index is 13.7. The van der Waals surface area contributed by atoms with E-state index in [1.54, 1.807) is 24.1 Å². The van der Waals surface area contributed by atoms with Crippen molar-refractivity contribution < 1.29 is 68.5 Å². The molecule has 0 spiro atoms. The fourth-order valence-corrected chi connectivity index (χ4v) is 7.60. The van der Waals surface area contributed by atoms with Gasteiger partial charge in [-0.2, -0.15) is 0 Å². The van der Waals surface area contributed by atoms with Crippen molar-refractivity contribution in [2.75, 3.05) is 64.6 Å². The molecule has 1 aliphatic carbocycles. The van der Waals surface area contributed by atoms with Crippen LogP contribution in [0, 0.1) is 0 Å². The number of carbonyl (C=O) groups is 2. The van der Waals surface area contributed by atoms with E-state index < -0.39 is 24.3 Å². The number of methoxy groups -OCH3 is 1. The lowest BCUT2D eigenvalue weighted by atomic mass is 9.93. The molecular formula is C40H59ClN4O14. The summed E-state index contributed by atoms with van der Waals surface area (Å²) in [6.45, 7) is 3.24. The maximum atomic E-state index is 13.7. The molecule has 0 aromatic heterocycles. The van der Waals surface area contributed by atoms with Crippen molar-refractivity contribution in [3.05, 3.63) is 53.1 Å². The van der Waals surface area contributed by atoms with Gasteiger partial charge in [0.25, 0.3) is 0 Å². The van der Waals surface area contributed by atoms with Crippen molar-refractivity contribution in [3.63, 3.8) is 0 Å². The number of carbonyl (C=O) groups excluding carboxylic acids is 2. The predicted molar refractivity (Wildman–Crippen MR) is 209 cm³/mol. The Labute approximate surface area is 349 Å². The average Bonchev–Trinajstić information content (AvgIpc) is 3.22. The number of anilines is 1. The van der Waals surface area contributed by atoms with Gasteiger partial charge in [0.15, 0.2) is 0 Å². The third kappa shape index (κ3) is 15.9. The number of rotatable bonds is 24. The van der Waals surface area contributed by atoms with E-state index >= 15 is 0 Å². The summed E-state index contributed by atoms with van der Waals surface area (Å²) in [6.07, 6.45) is 3.02. The van der Waals surface area contributed by atoms with E-state index in [0.717, 1.165) is 55.1 Å². The molecule has 2 aromatic rings. The lowest BCUT2D eigenvalue weighted by molar-refractivity contribution is -0.492. The molecule has 0 radical (unpaired) electrons. The fourth-order valence-electron chi connectivity index (χ4n) is 7.47. The Bertz CT molecular complexity index is 1550. The minimum absolute atomic E-state index is 0.00443. The van der Waals surface area contributed by atoms with Crippen molar-refractivity contribution in [2.45, 2.75) is 108 Å². The average molecular weight is 855 g/mol. The molecule has 330 valence electrons. The molecule has 2 fully saturated rings. The van der Waals surface area contributed by atoms with Gasteiger partial charge in [0.05, 0.1) is 61.6 Å². The second kappa shape index (κ2) is 24.8. The highest BCUT2D eigenvalue weighted by Gasteiger charge is 2.44. The number of amides is 1. The first kappa shape index (κ1) is 46.7. The number of hydrogen-bond donors (Lipinski definition) is 4. The molecule has 2 aliphatic heterocycles. The fraction of sp³-hybridized carbons (Fsp3) is 0.650. The Kier molecular flexibility index (Phi) is 19.6. The first-order chi connectivity index (χ1) is 28.6. The van der Waals surface area contributed by atoms with Crippen LogP contribution in [-0.4, -0.2) is 139 Å². The summed E-state index contributed by atoms with van der Waals surface area (Å²) < 4.78 is 37.1. The summed E-state index contributed by atoms with van der Waals surface area (Å²) in [5.41, 5.74) is 1.87. The van der Waals surface area contributed by atoms with E-state index in [-0.39, 0.29) is 74.6 Å². The van der Waals surface area contributed by atoms with Crippen LogP contribution >= 0.6 is 11.6 Å². The summed E-state index contributed by atoms with van der Waals surface area (Å²) in [4.78, 5) is 40.2. The van der Waals surface area contributed by atoms with E-state index in [9.17, 15) is 9.59 Å². The first-order valence-corrected chi connectivity index (χ1v) is 20.7. The summed E-state index contributed by atoms with van der Waals surface area (Å²) in [5, 5.41) is 35.2. The van der Waals surface area contributed by atoms with Crippen LogP contribution in [0.25, 0.3) is 0 Å². The van der Waals surface area contributed by atoms with Crippen molar-refractivity contribution in [1.82, 2.24) is 15.7 Å². The number of esters is 1. The molecule has 4 N–H and O–H groups in total. The van der Waals surface area contributed by atoms with E-state index in [1.165, 1.54) is 0 Å². The van der Waals surface area contributed by atoms with Gasteiger partial charge in [-0.05, 0) is 99.7 Å². The number of fused-ring (bicyclic) bond motifs is 1. The van der Waals surface area contributed by atoms with Crippen molar-refractivity contribution in [2.24, 2.45) is 0 Å². The molecule has 18 nitrogen and oxygen atoms in total. The predicted octanol–water partition coefficient (Wildman–Crippen LogP) is 5.35. The molecule has 1 amide bonds. The summed E-state index contributed by atoms with van der Waals surface area (Å²) in [6, 6.07) is 13.2. The normalized spacial score (nSPS) is 22.0. The minimum atomic E-state index is -0.858. The van der Waals surface area contributed by atoms with Gasteiger partial charge in [-0.15, -0.1) is 0 Å². The zero-order chi connectivity index (χ0) is 42.0. The molecule has 3 atom stereocenters. The molecule has 19 heteroatoms. The van der Waals surface area contributed by atoms with Crippen LogP contribution < -0.4 is 14.4 Å². The maximum Gasteiger partial charge on any atom is 0.306 e. The van der Waals surface area contributed by atoms with Crippen LogP contribution in [0.4, 0.5) is 5.69 Å². The third-order valence-electron chi connectivity index (χ3n) is 10.5. The second-order valence-corrected chi connectivity index (χ2v) is 15.3. The van der Waals surface area contributed by atoms with Gasteiger partial charge in [0, 0.05) is 44.7 Å². The Morgan fingerprint density at radius 2 is 1.51 bits per heavy atom. The van der Waals surface area contributed by atoms with E-state index in [0.29, 0.717) is 56.8 Å². The van der Waals surface area contributed by atoms with Gasteiger partial charge in [-0.1, -0.05) is 17.7 Å². The van der Waals surface area contributed by atoms with Crippen molar-refractivity contribution in [3.8, 4) is 11.5 Å². The number of piperidine rings is 1. The van der Waals surface area contributed by atoms with Crippen LogP contribution in [0.2, 0.25) is 5.02 Å². The molecule has 0 bridgehead atoms. The quantitative estimate of drug-likeness (QED) is 0.0597. The smallest absolute Gasteiger partial charge is 0.306 e. The standard InChI is InChI=1S/C40H59ClN4O14/c1-52-21-6-19-42-20-24-53-35-18-9-29(25-34(35)42)28-54-36-26-43(38(46)7-2-4-22-55-44(48)49)27-37(59-39(47)8-3-5-23-56-45(50)51)40(36)58-33-16-14-32(15-17-33)57-31-12-10-30(41)11-13-31/h9-13,18,25,32-33,36-37,40,48-51H,2-8,14-17,19-24,26-28H2,1H3. The number of likely N-dealkylation sites (tertiary alicyclic amines) is 1. The van der Waals surface area contributed by atoms with Crippen LogP contribution in [0.5, 0.6) is 11.5 Å². The van der Waals surface area contributed by atoms with Crippen LogP contribution in [-0.2, 0) is 44.8 Å². The Hall–Kier alpha value is -3.37. The van der Waals surface area contributed by atoms with Gasteiger partial charge in [-0.3, -0.25) is 40.1 Å². The van der Waals surface area contributed by atoms with E-state index in [1.807, 2.05) is 24.3 Å². The Balaban J connectivity index is 1.31. The van der Waals surface area contributed by atoms with E-state index in [4.69, 9.17) is 60.9 Å². The SMILES string of the molecule is COCCCN1CCOc2ccc(COC3CN(C(=O)CCCCON(O)O)CC(OC(=O)CCCCON(O)O)C3OC3CCC(Oc4ccc(Cl)cc4)CC3)cc21. The number of halogens is 1. The van der Waals surface area contributed by atoms with Crippen molar-refractivity contribution in [1.29, 1.82) is 0 Å². The first-order valence-electron chi connectivity index (χ1n) is 20.4. The zero-order valence-electron chi connectivity index (χ0n) is 33.6. The molecular weight excluding hydrogens is 796 g/mol. The summed E-state index contributed by atoms with van der Waals surface area (Å²) in [7, 11) is 1.69. The van der Waals surface area contributed by atoms with Gasteiger partial charge in [0.2, 0.25) is 5.91 Å². The third-order valence-corrected chi connectivity index (χ3v) is 10.7. The molecule has 2 heterocycles. The summed E-state index contributed by atoms with van der Waals surface area (Å²) in [5.74, 6) is 0.856. The number of nitrogens with zero attached hydrogens (tertiary/aromatic N) is 4. The lowest BCUT2D eigenvalue weighted by Gasteiger charge is -2.44. The largest absolute Gasteiger partial charge is 0.490 e. The number of benzene rings is 2. The molecule has 1 saturated heterocycles. The van der Waals surface area contributed by atoms with Crippen LogP contribution in [0.15, 0.2) is 42.5 Å². The topological polar surface area (TPSA) is 202 Å². The Morgan fingerprint density at radius 1 is 0.831 bits per heavy atom. The molecule has 59 heavy (non-hydrogen) atoms. The molecule has 2 aromatic carbocycles. The minimum Gasteiger partial charge on any atom is -0.490 e. The number of unbranched alkanes of at least 4 members (excludes halogenated alkanes) is 2. The molecule has 3 unspecified atom stereocenters. The molecule has 1 saturated carbocycles. The van der Waals surface area contributed by atoms with Gasteiger partial charge >= 0.3 is 5.97 Å². The van der Waals surface area contributed by atoms with Crippen LogP contribution in [0.1, 0.15) is 76.2 Å². The zero-order valence-corrected chi connectivity index (χ0v) is 34.4. The lowest BCUT2D eigenvalue weighted by Crippen LogP contribution is -2.60. The van der Waals surface area contributed by atoms with Crippen LogP contribution in [0.3, 0.4) is 0 Å². The molecule has 5 rings (SSSR count). The summed E-state index contributed by atoms with van der Waals surface area (Å²) >= 11 is 6.06. The highest BCUT2D eigenvalue weighted by atomic mass is 35.5. The highest BCUT2D eigenvalue weighted by Crippen LogP contribution is 2.34. The van der Waals surface area contributed by atoms with E-state index in [2.05, 4.69) is 20.6 Å². The van der Waals surface area contributed by atoms with Gasteiger partial charge in [0.1, 0.15) is 36.4 Å². The van der Waals surface area contributed by atoms with Gasteiger partial charge in [-0.25, -0.2) is 0 Å². The van der Waals surface area contributed by atoms with Crippen molar-refractivity contribution >= 4 is 29.2 Å². The number of ether oxygens (including phenoxy) is 6. The highest BCUT2D eigenvalue weighted by molar-refractivity contribution is 6.30. The number of hydrogen-bond acceptors (Lipinski definition) is 17. The van der Waals surface area contributed by atoms with Gasteiger partial charge < -0.3 is 38.2 Å². The monoisotopic (exact) mass is 854 g/mol. The Morgan fingerprint density at radius 3 is 2.20 bits per heavy atom. The second-order valence-electron chi connectivity index (χ2n) is 14.8. The molecule has 3 aliphatic rings.